The largest absolute Gasteiger partial charge is 0.399 e. The van der Waals surface area contributed by atoms with Crippen LogP contribution in [0.2, 0.25) is 0 Å². The van der Waals surface area contributed by atoms with Crippen molar-refractivity contribution in [2.75, 3.05) is 7.11 Å². The molecule has 0 N–H and O–H groups in total. The van der Waals surface area contributed by atoms with Crippen molar-refractivity contribution < 1.29 is 9.47 Å². The third-order valence-corrected chi connectivity index (χ3v) is 2.32. The first-order chi connectivity index (χ1) is 6.62. The van der Waals surface area contributed by atoms with Crippen molar-refractivity contribution in [3.8, 4) is 0 Å². The molecule has 0 amide bonds. The lowest BCUT2D eigenvalue weighted by molar-refractivity contribution is 0.209. The Morgan fingerprint density at radius 2 is 2.14 bits per heavy atom. The van der Waals surface area contributed by atoms with Gasteiger partial charge in [0.15, 0.2) is 5.69 Å². The quantitative estimate of drug-likeness (QED) is 0.635. The van der Waals surface area contributed by atoms with Gasteiger partial charge in [-0.3, -0.25) is 0 Å². The fourth-order valence-electron chi connectivity index (χ4n) is 1.78. The van der Waals surface area contributed by atoms with E-state index in [9.17, 15) is 0 Å². The summed E-state index contributed by atoms with van der Waals surface area (Å²) in [4.78, 5) is 4.78. The van der Waals surface area contributed by atoms with Crippen LogP contribution in [0.4, 0.5) is 0 Å². The molecule has 0 aliphatic heterocycles. The van der Waals surface area contributed by atoms with Gasteiger partial charge in [-0.15, -0.1) is 0 Å². The predicted molar refractivity (Wildman–Crippen MR) is 49.9 cm³/mol. The molecule has 1 aromatic heterocycles. The molecule has 5 nitrogen and oxygen atoms in total. The van der Waals surface area contributed by atoms with Gasteiger partial charge in [0.2, 0.25) is 0 Å². The number of rotatable bonds is 1. The molecule has 0 bridgehead atoms. The van der Waals surface area contributed by atoms with Crippen LogP contribution < -0.4 is 0 Å². The zero-order chi connectivity index (χ0) is 10.2. The van der Waals surface area contributed by atoms with E-state index in [1.165, 1.54) is 7.11 Å². The number of fused-ring (bicyclic) bond motifs is 1. The van der Waals surface area contributed by atoms with Crippen LogP contribution in [0.5, 0.6) is 0 Å². The minimum atomic E-state index is 0.142. The van der Waals surface area contributed by atoms with E-state index >= 15 is 0 Å². The summed E-state index contributed by atoms with van der Waals surface area (Å²) in [5, 5.41) is 11.6. The second-order valence-corrected chi connectivity index (χ2v) is 4.30. The van der Waals surface area contributed by atoms with Crippen LogP contribution >= 0.6 is 0 Å². The van der Waals surface area contributed by atoms with E-state index in [-0.39, 0.29) is 5.41 Å². The fourth-order valence-corrected chi connectivity index (χ4v) is 1.78. The third-order valence-electron chi connectivity index (χ3n) is 2.32. The van der Waals surface area contributed by atoms with E-state index in [1.807, 2.05) is 0 Å². The smallest absolute Gasteiger partial charge is 0.155 e. The van der Waals surface area contributed by atoms with E-state index in [4.69, 9.17) is 9.47 Å². The van der Waals surface area contributed by atoms with E-state index in [2.05, 4.69) is 29.3 Å². The van der Waals surface area contributed by atoms with E-state index in [1.54, 1.807) is 0 Å². The van der Waals surface area contributed by atoms with Crippen molar-refractivity contribution in [1.82, 2.24) is 10.3 Å². The third kappa shape index (κ3) is 1.49. The molecule has 1 aliphatic rings. The monoisotopic (exact) mass is 195 g/mol. The van der Waals surface area contributed by atoms with Gasteiger partial charge in [-0.2, -0.15) is 0 Å². The maximum Gasteiger partial charge on any atom is 0.155 e. The standard InChI is InChI=1S/C9H13N3O2/c1-9(2)4-6(10-13-3)8-7(5-9)11-14-12-8/h4-5H2,1-3H3/b10-6-. The summed E-state index contributed by atoms with van der Waals surface area (Å²) in [6, 6.07) is 0. The maximum atomic E-state index is 4.78. The van der Waals surface area contributed by atoms with Gasteiger partial charge < -0.3 is 4.84 Å². The Hall–Kier alpha value is -1.39. The molecule has 0 spiro atoms. The van der Waals surface area contributed by atoms with Crippen LogP contribution in [0.25, 0.3) is 0 Å². The average Bonchev–Trinajstić information content (AvgIpc) is 2.50. The van der Waals surface area contributed by atoms with Crippen LogP contribution in [0.15, 0.2) is 9.78 Å². The molecule has 14 heavy (non-hydrogen) atoms. The van der Waals surface area contributed by atoms with Crippen LogP contribution in [0.1, 0.15) is 31.7 Å². The summed E-state index contributed by atoms with van der Waals surface area (Å²) in [5.41, 5.74) is 2.58. The first-order valence-corrected chi connectivity index (χ1v) is 4.54. The van der Waals surface area contributed by atoms with Gasteiger partial charge in [0.1, 0.15) is 18.5 Å². The summed E-state index contributed by atoms with van der Waals surface area (Å²) < 4.78 is 4.70. The van der Waals surface area contributed by atoms with Crippen LogP contribution in [-0.2, 0) is 11.3 Å². The lowest BCUT2D eigenvalue weighted by Crippen LogP contribution is -2.27. The van der Waals surface area contributed by atoms with Gasteiger partial charge in [0.05, 0.1) is 0 Å². The Morgan fingerprint density at radius 3 is 2.86 bits per heavy atom. The van der Waals surface area contributed by atoms with Gasteiger partial charge in [0, 0.05) is 12.8 Å². The summed E-state index contributed by atoms with van der Waals surface area (Å²) in [6.07, 6.45) is 1.70. The number of nitrogens with zero attached hydrogens (tertiary/aromatic N) is 3. The highest BCUT2D eigenvalue weighted by molar-refractivity contribution is 6.00. The highest BCUT2D eigenvalue weighted by Crippen LogP contribution is 2.33. The van der Waals surface area contributed by atoms with Crippen LogP contribution in [0, 0.1) is 5.41 Å². The van der Waals surface area contributed by atoms with Gasteiger partial charge in [-0.1, -0.05) is 24.2 Å². The molecule has 5 heteroatoms. The summed E-state index contributed by atoms with van der Waals surface area (Å²) in [7, 11) is 1.53. The van der Waals surface area contributed by atoms with Crippen LogP contribution in [0.3, 0.4) is 0 Å². The Bertz CT molecular complexity index is 368. The molecule has 76 valence electrons. The number of hydrogen-bond donors (Lipinski definition) is 0. The summed E-state index contributed by atoms with van der Waals surface area (Å²) in [6.45, 7) is 4.32. The van der Waals surface area contributed by atoms with Crippen molar-refractivity contribution >= 4 is 5.71 Å². The SMILES string of the molecule is CO/N=C1/CC(C)(C)Cc2nonc21. The molecule has 1 heterocycles. The molecule has 0 fully saturated rings. The minimum Gasteiger partial charge on any atom is -0.399 e. The first kappa shape index (κ1) is 9.18. The van der Waals surface area contributed by atoms with Crippen LogP contribution in [-0.4, -0.2) is 23.1 Å². The summed E-state index contributed by atoms with van der Waals surface area (Å²) in [5.74, 6) is 0. The van der Waals surface area contributed by atoms with Gasteiger partial charge in [0.25, 0.3) is 0 Å². The Morgan fingerprint density at radius 1 is 1.36 bits per heavy atom. The number of oxime groups is 1. The maximum absolute atomic E-state index is 4.78. The predicted octanol–water partition coefficient (Wildman–Crippen LogP) is 1.39. The lowest BCUT2D eigenvalue weighted by atomic mass is 9.77. The van der Waals surface area contributed by atoms with E-state index in [0.29, 0.717) is 0 Å². The van der Waals surface area contributed by atoms with Crippen molar-refractivity contribution in [3.05, 3.63) is 11.4 Å². The van der Waals surface area contributed by atoms with Gasteiger partial charge in [-0.25, -0.2) is 4.63 Å². The molecule has 1 aliphatic carbocycles. The molecule has 0 saturated carbocycles. The highest BCUT2D eigenvalue weighted by Gasteiger charge is 2.33. The zero-order valence-corrected chi connectivity index (χ0v) is 8.57. The number of hydrogen-bond acceptors (Lipinski definition) is 5. The second kappa shape index (κ2) is 3.08. The topological polar surface area (TPSA) is 60.5 Å². The van der Waals surface area contributed by atoms with Crippen molar-refractivity contribution in [3.63, 3.8) is 0 Å². The molecule has 0 unspecified atom stereocenters. The van der Waals surface area contributed by atoms with Crippen molar-refractivity contribution in [1.29, 1.82) is 0 Å². The lowest BCUT2D eigenvalue weighted by Gasteiger charge is -2.27. The normalized spacial score (nSPS) is 22.1. The Balaban J connectivity index is 2.43. The van der Waals surface area contributed by atoms with Gasteiger partial charge in [-0.05, 0) is 10.6 Å². The molecular weight excluding hydrogens is 182 g/mol. The summed E-state index contributed by atoms with van der Waals surface area (Å²) >= 11 is 0. The molecule has 0 radical (unpaired) electrons. The fraction of sp³-hybridized carbons (Fsp3) is 0.667. The molecule has 0 atom stereocenters. The van der Waals surface area contributed by atoms with Crippen molar-refractivity contribution in [2.45, 2.75) is 26.7 Å². The van der Waals surface area contributed by atoms with Gasteiger partial charge >= 0.3 is 0 Å². The molecule has 0 saturated heterocycles. The molecular formula is C9H13N3O2. The zero-order valence-electron chi connectivity index (χ0n) is 8.57. The minimum absolute atomic E-state index is 0.142. The van der Waals surface area contributed by atoms with E-state index in [0.717, 1.165) is 29.9 Å². The Kier molecular flexibility index (Phi) is 2.02. The average molecular weight is 195 g/mol. The Labute approximate surface area is 82.1 Å². The number of aromatic nitrogens is 2. The molecule has 2 rings (SSSR count). The second-order valence-electron chi connectivity index (χ2n) is 4.30. The molecule has 1 aromatic rings. The van der Waals surface area contributed by atoms with E-state index < -0.39 is 0 Å². The highest BCUT2D eigenvalue weighted by atomic mass is 16.6. The van der Waals surface area contributed by atoms with Crippen molar-refractivity contribution in [2.24, 2.45) is 10.6 Å². The first-order valence-electron chi connectivity index (χ1n) is 4.54. The molecule has 0 aromatic carbocycles.